The first-order valence-electron chi connectivity index (χ1n) is 6.37. The fourth-order valence-corrected chi connectivity index (χ4v) is 2.39. The normalized spacial score (nSPS) is 17.9. The first kappa shape index (κ1) is 15.3. The van der Waals surface area contributed by atoms with Gasteiger partial charge in [0.25, 0.3) is 5.91 Å². The molecule has 1 aliphatic rings. The summed E-state index contributed by atoms with van der Waals surface area (Å²) in [5.41, 5.74) is -0.350. The second-order valence-corrected chi connectivity index (χ2v) is 6.20. The molecule has 0 spiro atoms. The van der Waals surface area contributed by atoms with Crippen molar-refractivity contribution in [2.75, 3.05) is 26.3 Å². The SMILES string of the molecule is CC1(C)CN(C(=O)COc2ccc(Br)cc2F)CCO1. The summed E-state index contributed by atoms with van der Waals surface area (Å²) in [7, 11) is 0. The van der Waals surface area contributed by atoms with E-state index in [1.165, 1.54) is 12.1 Å². The van der Waals surface area contributed by atoms with E-state index in [1.54, 1.807) is 11.0 Å². The van der Waals surface area contributed by atoms with E-state index >= 15 is 0 Å². The van der Waals surface area contributed by atoms with Crippen molar-refractivity contribution in [2.45, 2.75) is 19.4 Å². The van der Waals surface area contributed by atoms with E-state index in [4.69, 9.17) is 9.47 Å². The van der Waals surface area contributed by atoms with Gasteiger partial charge in [0.2, 0.25) is 0 Å². The number of amides is 1. The van der Waals surface area contributed by atoms with Crippen LogP contribution < -0.4 is 4.74 Å². The molecule has 1 aromatic rings. The van der Waals surface area contributed by atoms with Crippen LogP contribution in [0, 0.1) is 5.82 Å². The molecule has 110 valence electrons. The third kappa shape index (κ3) is 3.93. The second kappa shape index (κ2) is 6.10. The number of carbonyl (C=O) groups is 1. The van der Waals surface area contributed by atoms with Gasteiger partial charge in [-0.1, -0.05) is 15.9 Å². The molecule has 0 saturated carbocycles. The van der Waals surface area contributed by atoms with Crippen molar-refractivity contribution >= 4 is 21.8 Å². The quantitative estimate of drug-likeness (QED) is 0.845. The van der Waals surface area contributed by atoms with Crippen LogP contribution in [-0.2, 0) is 9.53 Å². The Morgan fingerprint density at radius 1 is 1.55 bits per heavy atom. The molecule has 1 fully saturated rings. The Labute approximate surface area is 126 Å². The molecule has 20 heavy (non-hydrogen) atoms. The Balaban J connectivity index is 1.92. The van der Waals surface area contributed by atoms with Crippen molar-refractivity contribution < 1.29 is 18.7 Å². The summed E-state index contributed by atoms with van der Waals surface area (Å²) < 4.78 is 25.0. The molecule has 2 rings (SSSR count). The van der Waals surface area contributed by atoms with E-state index in [0.717, 1.165) is 0 Å². The zero-order chi connectivity index (χ0) is 14.8. The van der Waals surface area contributed by atoms with Crippen molar-refractivity contribution in [3.8, 4) is 5.75 Å². The van der Waals surface area contributed by atoms with Crippen LogP contribution in [0.25, 0.3) is 0 Å². The van der Waals surface area contributed by atoms with Crippen LogP contribution in [0.15, 0.2) is 22.7 Å². The van der Waals surface area contributed by atoms with Crippen LogP contribution in [0.1, 0.15) is 13.8 Å². The minimum absolute atomic E-state index is 0.0778. The van der Waals surface area contributed by atoms with Gasteiger partial charge >= 0.3 is 0 Å². The lowest BCUT2D eigenvalue weighted by Crippen LogP contribution is -2.51. The molecule has 0 radical (unpaired) electrons. The first-order valence-corrected chi connectivity index (χ1v) is 7.16. The second-order valence-electron chi connectivity index (χ2n) is 5.29. The van der Waals surface area contributed by atoms with Crippen LogP contribution in [0.4, 0.5) is 4.39 Å². The van der Waals surface area contributed by atoms with Gasteiger partial charge in [-0.25, -0.2) is 4.39 Å². The molecule has 6 heteroatoms. The Hall–Kier alpha value is -1.14. The molecular formula is C14H17BrFNO3. The summed E-state index contributed by atoms with van der Waals surface area (Å²) in [6.07, 6.45) is 0. The maximum absolute atomic E-state index is 13.6. The lowest BCUT2D eigenvalue weighted by atomic mass is 10.1. The number of ether oxygens (including phenoxy) is 2. The molecule has 1 saturated heterocycles. The van der Waals surface area contributed by atoms with Gasteiger partial charge in [0.05, 0.1) is 12.2 Å². The van der Waals surface area contributed by atoms with Gasteiger partial charge in [-0.15, -0.1) is 0 Å². The van der Waals surface area contributed by atoms with Crippen LogP contribution >= 0.6 is 15.9 Å². The number of hydrogen-bond donors (Lipinski definition) is 0. The predicted octanol–water partition coefficient (Wildman–Crippen LogP) is 2.60. The first-order chi connectivity index (χ1) is 9.37. The molecule has 0 aromatic heterocycles. The lowest BCUT2D eigenvalue weighted by molar-refractivity contribution is -0.147. The van der Waals surface area contributed by atoms with Crippen molar-refractivity contribution in [1.29, 1.82) is 0 Å². The largest absolute Gasteiger partial charge is 0.481 e. The molecule has 1 aromatic carbocycles. The van der Waals surface area contributed by atoms with E-state index in [9.17, 15) is 9.18 Å². The maximum Gasteiger partial charge on any atom is 0.260 e. The van der Waals surface area contributed by atoms with Crippen molar-refractivity contribution in [1.82, 2.24) is 4.90 Å². The van der Waals surface area contributed by atoms with E-state index < -0.39 is 5.82 Å². The van der Waals surface area contributed by atoms with Gasteiger partial charge in [-0.3, -0.25) is 4.79 Å². The highest BCUT2D eigenvalue weighted by Crippen LogP contribution is 2.22. The molecular weight excluding hydrogens is 329 g/mol. The Kier molecular flexibility index (Phi) is 4.65. The third-order valence-corrected chi connectivity index (χ3v) is 3.52. The standard InChI is InChI=1S/C14H17BrFNO3/c1-14(2)9-17(5-6-20-14)13(18)8-19-12-4-3-10(15)7-11(12)16/h3-4,7H,5-6,8-9H2,1-2H3. The molecule has 0 unspecified atom stereocenters. The summed E-state index contributed by atoms with van der Waals surface area (Å²) in [5.74, 6) is -0.577. The Morgan fingerprint density at radius 3 is 2.95 bits per heavy atom. The minimum Gasteiger partial charge on any atom is -0.481 e. The van der Waals surface area contributed by atoms with E-state index in [2.05, 4.69) is 15.9 Å². The van der Waals surface area contributed by atoms with Crippen LogP contribution in [0.5, 0.6) is 5.75 Å². The van der Waals surface area contributed by atoms with Crippen LogP contribution in [-0.4, -0.2) is 42.7 Å². The van der Waals surface area contributed by atoms with E-state index in [1.807, 2.05) is 13.8 Å². The molecule has 0 atom stereocenters. The van der Waals surface area contributed by atoms with Crippen LogP contribution in [0.2, 0.25) is 0 Å². The van der Waals surface area contributed by atoms with Gasteiger partial charge in [0.15, 0.2) is 18.2 Å². The van der Waals surface area contributed by atoms with Crippen molar-refractivity contribution in [3.63, 3.8) is 0 Å². The average Bonchev–Trinajstić information content (AvgIpc) is 2.36. The van der Waals surface area contributed by atoms with Gasteiger partial charge in [0.1, 0.15) is 0 Å². The number of carbonyl (C=O) groups excluding carboxylic acids is 1. The highest BCUT2D eigenvalue weighted by molar-refractivity contribution is 9.10. The van der Waals surface area contributed by atoms with Gasteiger partial charge in [-0.05, 0) is 32.0 Å². The number of halogens is 2. The highest BCUT2D eigenvalue weighted by Gasteiger charge is 2.30. The monoisotopic (exact) mass is 345 g/mol. The van der Waals surface area contributed by atoms with E-state index in [0.29, 0.717) is 24.2 Å². The van der Waals surface area contributed by atoms with Gasteiger partial charge in [-0.2, -0.15) is 0 Å². The fraction of sp³-hybridized carbons (Fsp3) is 0.500. The summed E-state index contributed by atoms with van der Waals surface area (Å²) in [6.45, 7) is 5.25. The van der Waals surface area contributed by atoms with Gasteiger partial charge in [0, 0.05) is 17.6 Å². The third-order valence-electron chi connectivity index (χ3n) is 3.02. The lowest BCUT2D eigenvalue weighted by Gasteiger charge is -2.38. The molecule has 4 nitrogen and oxygen atoms in total. The average molecular weight is 346 g/mol. The number of morpholine rings is 1. The topological polar surface area (TPSA) is 38.8 Å². The zero-order valence-electron chi connectivity index (χ0n) is 11.5. The Bertz CT molecular complexity index is 507. The van der Waals surface area contributed by atoms with Gasteiger partial charge < -0.3 is 14.4 Å². The van der Waals surface area contributed by atoms with Crippen molar-refractivity contribution in [2.24, 2.45) is 0 Å². The maximum atomic E-state index is 13.6. The zero-order valence-corrected chi connectivity index (χ0v) is 13.1. The molecule has 1 amide bonds. The number of nitrogens with zero attached hydrogens (tertiary/aromatic N) is 1. The van der Waals surface area contributed by atoms with Crippen LogP contribution in [0.3, 0.4) is 0 Å². The molecule has 1 aliphatic heterocycles. The molecule has 0 N–H and O–H groups in total. The molecule has 0 bridgehead atoms. The summed E-state index contributed by atoms with van der Waals surface area (Å²) in [5, 5.41) is 0. The van der Waals surface area contributed by atoms with E-state index in [-0.39, 0.29) is 23.9 Å². The summed E-state index contributed by atoms with van der Waals surface area (Å²) in [4.78, 5) is 13.7. The smallest absolute Gasteiger partial charge is 0.260 e. The fourth-order valence-electron chi connectivity index (χ4n) is 2.05. The highest BCUT2D eigenvalue weighted by atomic mass is 79.9. The predicted molar refractivity (Wildman–Crippen MR) is 76.2 cm³/mol. The number of hydrogen-bond acceptors (Lipinski definition) is 3. The number of rotatable bonds is 3. The number of benzene rings is 1. The van der Waals surface area contributed by atoms with Crippen molar-refractivity contribution in [3.05, 3.63) is 28.5 Å². The molecule has 1 heterocycles. The summed E-state index contributed by atoms with van der Waals surface area (Å²) in [6, 6.07) is 4.47. The molecule has 0 aliphatic carbocycles. The Morgan fingerprint density at radius 2 is 2.30 bits per heavy atom. The summed E-state index contributed by atoms with van der Waals surface area (Å²) >= 11 is 3.17. The minimum atomic E-state index is -0.491.